The molecule has 3 aromatic rings. The van der Waals surface area contributed by atoms with E-state index in [2.05, 4.69) is 16.0 Å². The quantitative estimate of drug-likeness (QED) is 0.575. The second-order valence-corrected chi connectivity index (χ2v) is 8.29. The van der Waals surface area contributed by atoms with Crippen LogP contribution in [0.3, 0.4) is 0 Å². The van der Waals surface area contributed by atoms with Crippen molar-refractivity contribution < 1.29 is 9.59 Å². The second-order valence-electron chi connectivity index (χ2n) is 8.29. The summed E-state index contributed by atoms with van der Waals surface area (Å²) in [6.45, 7) is 4.42. The van der Waals surface area contributed by atoms with Crippen molar-refractivity contribution >= 4 is 23.3 Å². The van der Waals surface area contributed by atoms with Crippen molar-refractivity contribution in [3.8, 4) is 5.69 Å². The molecular formula is C24H21N5O2. The number of hydrogen-bond acceptors (Lipinski definition) is 4. The van der Waals surface area contributed by atoms with Crippen molar-refractivity contribution in [2.24, 2.45) is 0 Å². The lowest BCUT2D eigenvalue weighted by atomic mass is 9.66. The number of rotatable bonds is 1. The molecule has 0 saturated heterocycles. The molecular weight excluding hydrogens is 390 g/mol. The molecule has 0 radical (unpaired) electrons. The molecule has 2 aromatic carbocycles. The summed E-state index contributed by atoms with van der Waals surface area (Å²) < 4.78 is 1.84. The lowest BCUT2D eigenvalue weighted by Crippen LogP contribution is -2.50. The number of amides is 2. The van der Waals surface area contributed by atoms with E-state index in [1.807, 2.05) is 67.1 Å². The first-order valence-corrected chi connectivity index (χ1v) is 10.4. The fraction of sp³-hybridized carbons (Fsp3) is 0.208. The molecule has 3 aliphatic rings. The zero-order valence-corrected chi connectivity index (χ0v) is 17.2. The number of nitrogens with one attached hydrogen (secondary N) is 3. The van der Waals surface area contributed by atoms with Crippen LogP contribution in [0.4, 0.5) is 11.5 Å². The Morgan fingerprint density at radius 2 is 1.84 bits per heavy atom. The third-order valence-electron chi connectivity index (χ3n) is 6.44. The minimum absolute atomic E-state index is 0.212. The Bertz CT molecular complexity index is 1320. The monoisotopic (exact) mass is 411 g/mol. The highest BCUT2D eigenvalue weighted by Crippen LogP contribution is 2.55. The van der Waals surface area contributed by atoms with E-state index in [1.165, 1.54) is 0 Å². The molecule has 0 fully saturated rings. The first kappa shape index (κ1) is 17.9. The third-order valence-corrected chi connectivity index (χ3v) is 6.44. The van der Waals surface area contributed by atoms with Crippen LogP contribution < -0.4 is 16.0 Å². The van der Waals surface area contributed by atoms with Crippen LogP contribution in [0.15, 0.2) is 59.8 Å². The van der Waals surface area contributed by atoms with E-state index in [4.69, 9.17) is 5.10 Å². The fourth-order valence-electron chi connectivity index (χ4n) is 5.20. The van der Waals surface area contributed by atoms with Gasteiger partial charge >= 0.3 is 0 Å². The molecule has 0 bridgehead atoms. The number of hydrogen-bond donors (Lipinski definition) is 3. The van der Waals surface area contributed by atoms with Gasteiger partial charge in [-0.1, -0.05) is 35.9 Å². The van der Waals surface area contributed by atoms with Gasteiger partial charge in [0.25, 0.3) is 5.91 Å². The maximum absolute atomic E-state index is 13.8. The number of aryl methyl sites for hydroxylation is 2. The largest absolute Gasteiger partial charge is 0.352 e. The summed E-state index contributed by atoms with van der Waals surface area (Å²) in [7, 11) is 0. The summed E-state index contributed by atoms with van der Waals surface area (Å²) in [5, 5.41) is 14.3. The minimum Gasteiger partial charge on any atom is -0.352 e. The van der Waals surface area contributed by atoms with Gasteiger partial charge in [-0.25, -0.2) is 4.68 Å². The first-order valence-electron chi connectivity index (χ1n) is 10.4. The highest BCUT2D eigenvalue weighted by atomic mass is 16.2. The van der Waals surface area contributed by atoms with Crippen molar-refractivity contribution in [2.45, 2.75) is 25.7 Å². The smallest absolute Gasteiger partial charge is 0.250 e. The van der Waals surface area contributed by atoms with Crippen LogP contribution in [-0.2, 0) is 15.0 Å². The lowest BCUT2D eigenvalue weighted by molar-refractivity contribution is -0.123. The van der Waals surface area contributed by atoms with E-state index in [1.54, 1.807) is 0 Å². The Labute approximate surface area is 179 Å². The topological polar surface area (TPSA) is 88.1 Å². The van der Waals surface area contributed by atoms with E-state index in [0.29, 0.717) is 24.2 Å². The average Bonchev–Trinajstić information content (AvgIpc) is 3.24. The number of carbonyl (C=O) groups excluding carboxylic acids is 2. The fourth-order valence-corrected chi connectivity index (χ4v) is 5.20. The molecule has 7 nitrogen and oxygen atoms in total. The van der Waals surface area contributed by atoms with Crippen LogP contribution in [0.2, 0.25) is 0 Å². The Balaban J connectivity index is 1.74. The Morgan fingerprint density at radius 1 is 1.03 bits per heavy atom. The molecule has 1 unspecified atom stereocenters. The molecule has 4 heterocycles. The van der Waals surface area contributed by atoms with Gasteiger partial charge in [0.2, 0.25) is 5.91 Å². The number of carbonyl (C=O) groups is 2. The van der Waals surface area contributed by atoms with Crippen LogP contribution in [0.5, 0.6) is 0 Å². The molecule has 3 N–H and O–H groups in total. The molecule has 0 saturated carbocycles. The Kier molecular flexibility index (Phi) is 3.51. The van der Waals surface area contributed by atoms with Gasteiger partial charge in [-0.3, -0.25) is 9.59 Å². The molecule has 3 aliphatic heterocycles. The van der Waals surface area contributed by atoms with Crippen LogP contribution in [0.1, 0.15) is 28.8 Å². The lowest BCUT2D eigenvalue weighted by Gasteiger charge is -2.39. The van der Waals surface area contributed by atoms with E-state index < -0.39 is 5.41 Å². The summed E-state index contributed by atoms with van der Waals surface area (Å²) in [6.07, 6.45) is 0.621. The summed E-state index contributed by atoms with van der Waals surface area (Å²) in [4.78, 5) is 27.0. The average molecular weight is 411 g/mol. The van der Waals surface area contributed by atoms with Gasteiger partial charge in [-0.05, 0) is 32.0 Å². The molecule has 6 rings (SSSR count). The molecule has 31 heavy (non-hydrogen) atoms. The van der Waals surface area contributed by atoms with Gasteiger partial charge in [0.1, 0.15) is 11.2 Å². The van der Waals surface area contributed by atoms with Gasteiger partial charge in [0, 0.05) is 35.5 Å². The van der Waals surface area contributed by atoms with Crippen molar-refractivity contribution in [3.05, 3.63) is 82.2 Å². The number of anilines is 2. The zero-order valence-electron chi connectivity index (χ0n) is 17.2. The predicted octanol–water partition coefficient (Wildman–Crippen LogP) is 2.93. The van der Waals surface area contributed by atoms with Crippen LogP contribution in [0, 0.1) is 13.8 Å². The number of para-hydroxylation sites is 1. The highest BCUT2D eigenvalue weighted by Gasteiger charge is 2.59. The van der Waals surface area contributed by atoms with Gasteiger partial charge in [0.15, 0.2) is 0 Å². The summed E-state index contributed by atoms with van der Waals surface area (Å²) >= 11 is 0. The van der Waals surface area contributed by atoms with E-state index in [0.717, 1.165) is 39.6 Å². The molecule has 7 heteroatoms. The van der Waals surface area contributed by atoms with Crippen LogP contribution >= 0.6 is 0 Å². The number of benzene rings is 2. The van der Waals surface area contributed by atoms with Gasteiger partial charge in [-0.15, -0.1) is 0 Å². The summed E-state index contributed by atoms with van der Waals surface area (Å²) in [6, 6.07) is 15.7. The van der Waals surface area contributed by atoms with Gasteiger partial charge < -0.3 is 16.0 Å². The van der Waals surface area contributed by atoms with Crippen molar-refractivity contribution in [1.29, 1.82) is 0 Å². The second kappa shape index (κ2) is 6.07. The van der Waals surface area contributed by atoms with E-state index in [-0.39, 0.29) is 11.8 Å². The minimum atomic E-state index is -1.24. The SMILES string of the molecule is Cc1ccc2c(c1)C1(C(=O)N2)C2=C(CCNC2=O)Nc2c1c(C)nn2-c1ccccc1. The van der Waals surface area contributed by atoms with Gasteiger partial charge in [-0.2, -0.15) is 5.10 Å². The standard InChI is InChI=1S/C24H21N5O2/c1-13-8-9-17-16(12-13)24(23(31)27-17)19-14(2)28-29(15-6-4-3-5-7-15)21(19)26-18-10-11-25-22(30)20(18)24/h3-9,12,26H,10-11H2,1-2H3,(H,25,30)(H,27,31). The highest BCUT2D eigenvalue weighted by molar-refractivity contribution is 6.19. The third kappa shape index (κ3) is 2.20. The first-order chi connectivity index (χ1) is 15.0. The molecule has 2 amide bonds. The van der Waals surface area contributed by atoms with Gasteiger partial charge in [0.05, 0.1) is 17.0 Å². The molecule has 154 valence electrons. The van der Waals surface area contributed by atoms with E-state index >= 15 is 0 Å². The van der Waals surface area contributed by atoms with Crippen molar-refractivity contribution in [2.75, 3.05) is 17.2 Å². The van der Waals surface area contributed by atoms with Crippen molar-refractivity contribution in [1.82, 2.24) is 15.1 Å². The molecule has 1 atom stereocenters. The number of fused-ring (bicyclic) bond motifs is 5. The molecule has 1 spiro atoms. The Hall–Kier alpha value is -3.87. The normalized spacial score (nSPS) is 21.2. The zero-order chi connectivity index (χ0) is 21.3. The van der Waals surface area contributed by atoms with Crippen molar-refractivity contribution in [3.63, 3.8) is 0 Å². The molecule has 1 aromatic heterocycles. The summed E-state index contributed by atoms with van der Waals surface area (Å²) in [5.41, 5.74) is 4.92. The summed E-state index contributed by atoms with van der Waals surface area (Å²) in [5.74, 6) is 0.313. The van der Waals surface area contributed by atoms with Crippen LogP contribution in [0.25, 0.3) is 5.69 Å². The Morgan fingerprint density at radius 3 is 2.65 bits per heavy atom. The number of aromatic nitrogens is 2. The maximum atomic E-state index is 13.8. The van der Waals surface area contributed by atoms with Crippen LogP contribution in [-0.4, -0.2) is 28.1 Å². The maximum Gasteiger partial charge on any atom is 0.250 e. The predicted molar refractivity (Wildman–Crippen MR) is 117 cm³/mol. The number of nitrogens with zero attached hydrogens (tertiary/aromatic N) is 2. The van der Waals surface area contributed by atoms with E-state index in [9.17, 15) is 9.59 Å². The molecule has 0 aliphatic carbocycles.